The lowest BCUT2D eigenvalue weighted by Gasteiger charge is -2.34. The largest absolute Gasteiger partial charge is 0.342 e. The first kappa shape index (κ1) is 21.8. The fourth-order valence-corrected chi connectivity index (χ4v) is 4.18. The maximum atomic E-state index is 12.6. The van der Waals surface area contributed by atoms with Crippen molar-refractivity contribution in [1.82, 2.24) is 24.5 Å². The van der Waals surface area contributed by atoms with Gasteiger partial charge in [-0.1, -0.05) is 24.9 Å². The van der Waals surface area contributed by atoms with Gasteiger partial charge in [-0.2, -0.15) is 5.10 Å². The third-order valence-corrected chi connectivity index (χ3v) is 6.13. The average Bonchev–Trinajstić information content (AvgIpc) is 3.34. The molecule has 2 fully saturated rings. The second kappa shape index (κ2) is 10.3. The molecule has 2 saturated heterocycles. The third-order valence-electron chi connectivity index (χ3n) is 5.73. The molecule has 8 heteroatoms. The van der Waals surface area contributed by atoms with E-state index < -0.39 is 0 Å². The summed E-state index contributed by atoms with van der Waals surface area (Å²) in [6.45, 7) is 9.80. The molecule has 0 bridgehead atoms. The monoisotopic (exact) mass is 421 g/mol. The van der Waals surface area contributed by atoms with Crippen LogP contribution in [-0.2, 0) is 16.1 Å². The van der Waals surface area contributed by atoms with Gasteiger partial charge >= 0.3 is 0 Å². The van der Waals surface area contributed by atoms with Crippen molar-refractivity contribution in [2.75, 3.05) is 45.8 Å². The Kier molecular flexibility index (Phi) is 7.72. The van der Waals surface area contributed by atoms with Crippen molar-refractivity contribution < 1.29 is 9.59 Å². The van der Waals surface area contributed by atoms with Crippen molar-refractivity contribution in [3.8, 4) is 0 Å². The molecule has 3 heterocycles. The molecular weight excluding hydrogens is 390 g/mol. The first-order valence-electron chi connectivity index (χ1n) is 10.7. The van der Waals surface area contributed by atoms with Crippen LogP contribution in [0.4, 0.5) is 0 Å². The second-order valence-electron chi connectivity index (χ2n) is 7.89. The van der Waals surface area contributed by atoms with Gasteiger partial charge in [-0.25, -0.2) is 0 Å². The number of piperazine rings is 1. The van der Waals surface area contributed by atoms with Gasteiger partial charge in [0.1, 0.15) is 5.15 Å². The molecule has 7 nitrogen and oxygen atoms in total. The van der Waals surface area contributed by atoms with Crippen LogP contribution in [0.15, 0.2) is 6.08 Å². The van der Waals surface area contributed by atoms with Crippen LogP contribution in [0.25, 0.3) is 6.08 Å². The first-order chi connectivity index (χ1) is 14.0. The van der Waals surface area contributed by atoms with E-state index in [1.54, 1.807) is 16.8 Å². The Morgan fingerprint density at radius 1 is 1.07 bits per heavy atom. The Bertz CT molecular complexity index is 746. The first-order valence-corrected chi connectivity index (χ1v) is 11.1. The van der Waals surface area contributed by atoms with Crippen molar-refractivity contribution in [2.24, 2.45) is 0 Å². The molecule has 0 atom stereocenters. The molecule has 1 aromatic rings. The number of hydrogen-bond acceptors (Lipinski definition) is 4. The Morgan fingerprint density at radius 3 is 2.41 bits per heavy atom. The molecule has 0 saturated carbocycles. The van der Waals surface area contributed by atoms with Crippen LogP contribution in [0.3, 0.4) is 0 Å². The molecule has 0 spiro atoms. The van der Waals surface area contributed by atoms with Gasteiger partial charge in [0, 0.05) is 57.5 Å². The smallest absolute Gasteiger partial charge is 0.246 e. The highest BCUT2D eigenvalue weighted by Crippen LogP contribution is 2.22. The van der Waals surface area contributed by atoms with Crippen LogP contribution in [-0.4, -0.2) is 82.1 Å². The summed E-state index contributed by atoms with van der Waals surface area (Å²) in [6, 6.07) is 0. The lowest BCUT2D eigenvalue weighted by Crippen LogP contribution is -2.51. The highest BCUT2D eigenvalue weighted by Gasteiger charge is 2.24. The molecule has 0 radical (unpaired) electrons. The molecule has 0 aromatic carbocycles. The molecule has 3 rings (SSSR count). The number of amides is 2. The Morgan fingerprint density at radius 2 is 1.76 bits per heavy atom. The van der Waals surface area contributed by atoms with Gasteiger partial charge < -0.3 is 9.80 Å². The SMILES string of the molecule is CCCCn1nc(C)c(/C=C/C(=O)N2CCN(CC(=O)N3CCCC3)CC2)c1Cl. The van der Waals surface area contributed by atoms with E-state index in [0.29, 0.717) is 24.8 Å². The molecule has 29 heavy (non-hydrogen) atoms. The number of unbranched alkanes of at least 4 members (excludes halogenated alkanes) is 1. The van der Waals surface area contributed by atoms with Crippen LogP contribution in [0.1, 0.15) is 43.9 Å². The maximum Gasteiger partial charge on any atom is 0.246 e. The predicted octanol–water partition coefficient (Wildman–Crippen LogP) is 2.42. The summed E-state index contributed by atoms with van der Waals surface area (Å²) in [6.07, 6.45) is 7.69. The maximum absolute atomic E-state index is 12.6. The van der Waals surface area contributed by atoms with E-state index >= 15 is 0 Å². The summed E-state index contributed by atoms with van der Waals surface area (Å²) < 4.78 is 1.81. The van der Waals surface area contributed by atoms with Crippen LogP contribution < -0.4 is 0 Å². The number of carbonyl (C=O) groups excluding carboxylic acids is 2. The summed E-state index contributed by atoms with van der Waals surface area (Å²) in [7, 11) is 0. The summed E-state index contributed by atoms with van der Waals surface area (Å²) in [5.41, 5.74) is 1.64. The van der Waals surface area contributed by atoms with Crippen molar-refractivity contribution in [2.45, 2.75) is 46.1 Å². The van der Waals surface area contributed by atoms with E-state index in [-0.39, 0.29) is 11.8 Å². The quantitative estimate of drug-likeness (QED) is 0.634. The average molecular weight is 422 g/mol. The van der Waals surface area contributed by atoms with Gasteiger partial charge in [-0.15, -0.1) is 0 Å². The fraction of sp³-hybridized carbons (Fsp3) is 0.667. The van der Waals surface area contributed by atoms with Crippen molar-refractivity contribution in [1.29, 1.82) is 0 Å². The number of rotatable bonds is 7. The van der Waals surface area contributed by atoms with Gasteiger partial charge in [0.15, 0.2) is 0 Å². The van der Waals surface area contributed by atoms with Crippen molar-refractivity contribution >= 4 is 29.5 Å². The number of hydrogen-bond donors (Lipinski definition) is 0. The van der Waals surface area contributed by atoms with E-state index in [4.69, 9.17) is 11.6 Å². The van der Waals surface area contributed by atoms with Crippen LogP contribution in [0, 0.1) is 6.92 Å². The van der Waals surface area contributed by atoms with Gasteiger partial charge in [0.05, 0.1) is 12.2 Å². The number of carbonyl (C=O) groups is 2. The molecule has 0 unspecified atom stereocenters. The van der Waals surface area contributed by atoms with Crippen molar-refractivity contribution in [3.05, 3.63) is 22.5 Å². The Hall–Kier alpha value is -1.86. The van der Waals surface area contributed by atoms with Crippen molar-refractivity contribution in [3.63, 3.8) is 0 Å². The van der Waals surface area contributed by atoms with E-state index in [0.717, 1.165) is 69.7 Å². The summed E-state index contributed by atoms with van der Waals surface area (Å²) in [5, 5.41) is 5.06. The molecule has 2 amide bonds. The molecule has 2 aliphatic heterocycles. The number of halogens is 1. The minimum atomic E-state index is -0.0210. The minimum absolute atomic E-state index is 0.0210. The topological polar surface area (TPSA) is 61.7 Å². The molecule has 2 aliphatic rings. The highest BCUT2D eigenvalue weighted by atomic mass is 35.5. The number of likely N-dealkylation sites (tertiary alicyclic amines) is 1. The Labute approximate surface area is 178 Å². The molecular formula is C21H32ClN5O2. The minimum Gasteiger partial charge on any atom is -0.342 e. The van der Waals surface area contributed by atoms with E-state index in [2.05, 4.69) is 16.9 Å². The highest BCUT2D eigenvalue weighted by molar-refractivity contribution is 6.31. The van der Waals surface area contributed by atoms with E-state index in [1.807, 2.05) is 16.7 Å². The molecule has 160 valence electrons. The fourth-order valence-electron chi connectivity index (χ4n) is 3.86. The van der Waals surface area contributed by atoms with E-state index in [9.17, 15) is 9.59 Å². The van der Waals surface area contributed by atoms with Gasteiger partial charge in [-0.3, -0.25) is 19.2 Å². The van der Waals surface area contributed by atoms with Crippen LogP contribution in [0.5, 0.6) is 0 Å². The van der Waals surface area contributed by atoms with Gasteiger partial charge in [0.2, 0.25) is 11.8 Å². The summed E-state index contributed by atoms with van der Waals surface area (Å²) in [4.78, 5) is 30.8. The Balaban J connectivity index is 1.49. The molecule has 0 N–H and O–H groups in total. The van der Waals surface area contributed by atoms with E-state index in [1.165, 1.54) is 0 Å². The second-order valence-corrected chi connectivity index (χ2v) is 8.25. The zero-order valence-corrected chi connectivity index (χ0v) is 18.3. The zero-order valence-electron chi connectivity index (χ0n) is 17.6. The van der Waals surface area contributed by atoms with Gasteiger partial charge in [-0.05, 0) is 32.3 Å². The normalized spacial score (nSPS) is 18.2. The lowest BCUT2D eigenvalue weighted by molar-refractivity contribution is -0.132. The number of nitrogens with zero attached hydrogens (tertiary/aromatic N) is 5. The predicted molar refractivity (Wildman–Crippen MR) is 115 cm³/mol. The lowest BCUT2D eigenvalue weighted by atomic mass is 10.2. The standard InChI is InChI=1S/C21H32ClN5O2/c1-3-4-11-27-21(22)18(17(2)23-27)7-8-19(28)26-14-12-24(13-15-26)16-20(29)25-9-5-6-10-25/h7-8H,3-6,9-16H2,1-2H3/b8-7+. The zero-order chi connectivity index (χ0) is 20.8. The summed E-state index contributed by atoms with van der Waals surface area (Å²) in [5.74, 6) is 0.194. The van der Waals surface area contributed by atoms with Crippen LogP contribution in [0.2, 0.25) is 5.15 Å². The number of aromatic nitrogens is 2. The van der Waals surface area contributed by atoms with Crippen LogP contribution >= 0.6 is 11.6 Å². The van der Waals surface area contributed by atoms with Gasteiger partial charge in [0.25, 0.3) is 0 Å². The number of aryl methyl sites for hydroxylation is 2. The third kappa shape index (κ3) is 5.60. The molecule has 0 aliphatic carbocycles. The molecule has 1 aromatic heterocycles. The summed E-state index contributed by atoms with van der Waals surface area (Å²) >= 11 is 6.44.